The molecule has 0 aliphatic carbocycles. The minimum Gasteiger partial charge on any atom is -0.465 e. The molecule has 0 aliphatic rings. The number of rotatable bonds is 4. The number of ether oxygens (including phenoxy) is 1. The van der Waals surface area contributed by atoms with Crippen LogP contribution in [0, 0.1) is 0 Å². The van der Waals surface area contributed by atoms with E-state index in [9.17, 15) is 4.79 Å². The van der Waals surface area contributed by atoms with Crippen molar-refractivity contribution in [3.8, 4) is 0 Å². The molecule has 1 rings (SSSR count). The zero-order valence-electron chi connectivity index (χ0n) is 9.60. The van der Waals surface area contributed by atoms with Gasteiger partial charge >= 0.3 is 5.97 Å². The number of carbonyl (C=O) groups is 1. The Labute approximate surface area is 102 Å². The zero-order valence-corrected chi connectivity index (χ0v) is 10.4. The number of halogens is 1. The lowest BCUT2D eigenvalue weighted by Gasteiger charge is -2.10. The zero-order chi connectivity index (χ0) is 11.3. The highest BCUT2D eigenvalue weighted by atomic mass is 35.5. The molecule has 90 valence electrons. The first-order chi connectivity index (χ1) is 7.19. The summed E-state index contributed by atoms with van der Waals surface area (Å²) in [5.74, 6) is -0.314. The van der Waals surface area contributed by atoms with Crippen molar-refractivity contribution in [3.63, 3.8) is 0 Å². The molecule has 0 unspecified atom stereocenters. The van der Waals surface area contributed by atoms with Gasteiger partial charge in [-0.1, -0.05) is 25.5 Å². The second-order valence-electron chi connectivity index (χ2n) is 3.51. The number of esters is 1. The van der Waals surface area contributed by atoms with Crippen LogP contribution in [-0.2, 0) is 4.74 Å². The number of hydrogen-bond acceptors (Lipinski definition) is 3. The van der Waals surface area contributed by atoms with Crippen molar-refractivity contribution >= 4 is 18.4 Å². The molecule has 3 nitrogen and oxygen atoms in total. The second kappa shape index (κ2) is 7.25. The largest absolute Gasteiger partial charge is 0.465 e. The van der Waals surface area contributed by atoms with Crippen molar-refractivity contribution in [1.82, 2.24) is 0 Å². The molecule has 1 atom stereocenters. The molecular formula is C12H18ClNO2. The molecule has 0 amide bonds. The maximum atomic E-state index is 11.2. The van der Waals surface area contributed by atoms with Crippen LogP contribution in [-0.4, -0.2) is 13.1 Å². The van der Waals surface area contributed by atoms with Gasteiger partial charge in [-0.25, -0.2) is 4.79 Å². The van der Waals surface area contributed by atoms with Gasteiger partial charge in [0.1, 0.15) is 0 Å². The fraction of sp³-hybridized carbons (Fsp3) is 0.417. The predicted molar refractivity (Wildman–Crippen MR) is 66.9 cm³/mol. The lowest BCUT2D eigenvalue weighted by molar-refractivity contribution is 0.0600. The third-order valence-electron chi connectivity index (χ3n) is 2.36. The first-order valence-electron chi connectivity index (χ1n) is 5.13. The minimum atomic E-state index is -0.314. The molecule has 1 aromatic rings. The number of nitrogens with two attached hydrogens (primary N) is 1. The maximum absolute atomic E-state index is 11.2. The Morgan fingerprint density at radius 2 is 1.94 bits per heavy atom. The van der Waals surface area contributed by atoms with Crippen LogP contribution in [0.3, 0.4) is 0 Å². The average Bonchev–Trinajstić information content (AvgIpc) is 2.28. The lowest BCUT2D eigenvalue weighted by Crippen LogP contribution is -2.10. The monoisotopic (exact) mass is 243 g/mol. The van der Waals surface area contributed by atoms with Crippen molar-refractivity contribution in [1.29, 1.82) is 0 Å². The van der Waals surface area contributed by atoms with Gasteiger partial charge in [0.2, 0.25) is 0 Å². The summed E-state index contributed by atoms with van der Waals surface area (Å²) in [5, 5.41) is 0. The van der Waals surface area contributed by atoms with Crippen LogP contribution in [0.4, 0.5) is 0 Å². The highest BCUT2D eigenvalue weighted by molar-refractivity contribution is 5.89. The molecule has 4 heteroatoms. The van der Waals surface area contributed by atoms with Gasteiger partial charge < -0.3 is 10.5 Å². The van der Waals surface area contributed by atoms with Gasteiger partial charge in [-0.05, 0) is 24.1 Å². The normalized spacial score (nSPS) is 11.4. The molecule has 0 fully saturated rings. The van der Waals surface area contributed by atoms with E-state index in [2.05, 4.69) is 11.7 Å². The van der Waals surface area contributed by atoms with Crippen molar-refractivity contribution in [2.75, 3.05) is 7.11 Å². The van der Waals surface area contributed by atoms with Crippen LogP contribution in [0.25, 0.3) is 0 Å². The molecule has 0 aliphatic heterocycles. The van der Waals surface area contributed by atoms with E-state index in [0.717, 1.165) is 18.4 Å². The van der Waals surface area contributed by atoms with Gasteiger partial charge in [0.15, 0.2) is 0 Å². The van der Waals surface area contributed by atoms with Gasteiger partial charge in [-0.3, -0.25) is 0 Å². The Morgan fingerprint density at radius 1 is 1.38 bits per heavy atom. The highest BCUT2D eigenvalue weighted by Crippen LogP contribution is 2.16. The van der Waals surface area contributed by atoms with Gasteiger partial charge in [-0.2, -0.15) is 0 Å². The van der Waals surface area contributed by atoms with Gasteiger partial charge in [0.25, 0.3) is 0 Å². The lowest BCUT2D eigenvalue weighted by atomic mass is 10.0. The fourth-order valence-corrected chi connectivity index (χ4v) is 1.46. The number of carbonyl (C=O) groups excluding carboxylic acids is 1. The molecule has 0 aromatic heterocycles. The van der Waals surface area contributed by atoms with Crippen LogP contribution in [0.15, 0.2) is 24.3 Å². The Kier molecular flexibility index (Phi) is 6.77. The summed E-state index contributed by atoms with van der Waals surface area (Å²) in [5.41, 5.74) is 7.57. The first kappa shape index (κ1) is 14.9. The molecule has 0 spiro atoms. The van der Waals surface area contributed by atoms with Gasteiger partial charge in [0, 0.05) is 6.04 Å². The summed E-state index contributed by atoms with van der Waals surface area (Å²) in [6.45, 7) is 2.10. The summed E-state index contributed by atoms with van der Waals surface area (Å²) in [6.07, 6.45) is 2.01. The summed E-state index contributed by atoms with van der Waals surface area (Å²) >= 11 is 0. The summed E-state index contributed by atoms with van der Waals surface area (Å²) in [6, 6.07) is 7.31. The third kappa shape index (κ3) is 3.83. The third-order valence-corrected chi connectivity index (χ3v) is 2.36. The summed E-state index contributed by atoms with van der Waals surface area (Å²) in [7, 11) is 1.37. The van der Waals surface area contributed by atoms with E-state index < -0.39 is 0 Å². The molecule has 1 aromatic carbocycles. The molecule has 0 bridgehead atoms. The van der Waals surface area contributed by atoms with E-state index in [-0.39, 0.29) is 24.4 Å². The quantitative estimate of drug-likeness (QED) is 0.828. The predicted octanol–water partition coefficient (Wildman–Crippen LogP) is 2.69. The van der Waals surface area contributed by atoms with Crippen molar-refractivity contribution in [3.05, 3.63) is 35.4 Å². The number of methoxy groups -OCH3 is 1. The number of benzene rings is 1. The van der Waals surface area contributed by atoms with E-state index in [1.807, 2.05) is 12.1 Å². The van der Waals surface area contributed by atoms with Gasteiger partial charge in [0.05, 0.1) is 12.7 Å². The standard InChI is InChI=1S/C12H17NO2.ClH/c1-3-4-11(13)9-5-7-10(8-6-9)12(14)15-2;/h5-8,11H,3-4,13H2,1-2H3;1H/t11-;/m1./s1. The second-order valence-corrected chi connectivity index (χ2v) is 3.51. The molecular weight excluding hydrogens is 226 g/mol. The van der Waals surface area contributed by atoms with Crippen LogP contribution >= 0.6 is 12.4 Å². The summed E-state index contributed by atoms with van der Waals surface area (Å²) in [4.78, 5) is 11.2. The summed E-state index contributed by atoms with van der Waals surface area (Å²) < 4.78 is 4.61. The number of hydrogen-bond donors (Lipinski definition) is 1. The van der Waals surface area contributed by atoms with E-state index in [0.29, 0.717) is 5.56 Å². The smallest absolute Gasteiger partial charge is 0.337 e. The van der Waals surface area contributed by atoms with Crippen LogP contribution in [0.5, 0.6) is 0 Å². The van der Waals surface area contributed by atoms with E-state index in [1.165, 1.54) is 7.11 Å². The Bertz CT molecular complexity index is 324. The van der Waals surface area contributed by atoms with Crippen LogP contribution < -0.4 is 5.73 Å². The first-order valence-corrected chi connectivity index (χ1v) is 5.13. The highest BCUT2D eigenvalue weighted by Gasteiger charge is 2.07. The Balaban J connectivity index is 0.00000225. The Hall–Kier alpha value is -1.06. The van der Waals surface area contributed by atoms with Crippen LogP contribution in [0.2, 0.25) is 0 Å². The molecule has 2 N–H and O–H groups in total. The van der Waals surface area contributed by atoms with Crippen molar-refractivity contribution < 1.29 is 9.53 Å². The SMILES string of the molecule is CCC[C@@H](N)c1ccc(C(=O)OC)cc1.Cl. The van der Waals surface area contributed by atoms with Crippen LogP contribution in [0.1, 0.15) is 41.7 Å². The Morgan fingerprint density at radius 3 is 2.38 bits per heavy atom. The van der Waals surface area contributed by atoms with E-state index in [1.54, 1.807) is 12.1 Å². The topological polar surface area (TPSA) is 52.3 Å². The van der Waals surface area contributed by atoms with E-state index >= 15 is 0 Å². The maximum Gasteiger partial charge on any atom is 0.337 e. The molecule has 16 heavy (non-hydrogen) atoms. The van der Waals surface area contributed by atoms with Crippen molar-refractivity contribution in [2.24, 2.45) is 5.73 Å². The van der Waals surface area contributed by atoms with Gasteiger partial charge in [-0.15, -0.1) is 12.4 Å². The molecule has 0 saturated carbocycles. The van der Waals surface area contributed by atoms with Crippen molar-refractivity contribution in [2.45, 2.75) is 25.8 Å². The molecule has 0 heterocycles. The molecule has 0 saturated heterocycles. The van der Waals surface area contributed by atoms with E-state index in [4.69, 9.17) is 5.73 Å². The molecule has 0 radical (unpaired) electrons. The minimum absolute atomic E-state index is 0. The average molecular weight is 244 g/mol. The fourth-order valence-electron chi connectivity index (χ4n) is 1.46.